The van der Waals surface area contributed by atoms with E-state index in [0.29, 0.717) is 0 Å². The first-order chi connectivity index (χ1) is 10.9. The Morgan fingerprint density at radius 1 is 0.636 bits per heavy atom. The summed E-state index contributed by atoms with van der Waals surface area (Å²) in [5, 5.41) is 8.07. The van der Waals surface area contributed by atoms with Crippen molar-refractivity contribution < 1.29 is 0 Å². The second kappa shape index (κ2) is 4.45. The molecule has 0 saturated carbocycles. The Balaban J connectivity index is 1.95. The first-order valence-corrected chi connectivity index (χ1v) is 7.94. The number of allylic oxidation sites excluding steroid dienone is 1. The van der Waals surface area contributed by atoms with Crippen LogP contribution in [0.3, 0.4) is 0 Å². The van der Waals surface area contributed by atoms with Crippen LogP contribution < -0.4 is 0 Å². The summed E-state index contributed by atoms with van der Waals surface area (Å²) in [6.45, 7) is 0. The van der Waals surface area contributed by atoms with Crippen LogP contribution in [0.2, 0.25) is 0 Å². The maximum atomic E-state index is 2.37. The maximum absolute atomic E-state index is 2.37. The van der Waals surface area contributed by atoms with Crippen LogP contribution in [-0.2, 0) is 6.42 Å². The van der Waals surface area contributed by atoms with Gasteiger partial charge < -0.3 is 0 Å². The lowest BCUT2D eigenvalue weighted by Gasteiger charge is -2.14. The van der Waals surface area contributed by atoms with Gasteiger partial charge in [-0.25, -0.2) is 0 Å². The molecule has 4 aromatic rings. The summed E-state index contributed by atoms with van der Waals surface area (Å²) in [5.74, 6) is 0. The highest BCUT2D eigenvalue weighted by Crippen LogP contribution is 2.33. The van der Waals surface area contributed by atoms with Crippen LogP contribution in [0.15, 0.2) is 66.7 Å². The monoisotopic (exact) mass is 280 g/mol. The van der Waals surface area contributed by atoms with Crippen molar-refractivity contribution in [3.8, 4) is 0 Å². The van der Waals surface area contributed by atoms with Crippen molar-refractivity contribution in [2.24, 2.45) is 0 Å². The number of aryl methyl sites for hydroxylation is 1. The molecule has 0 radical (unpaired) electrons. The minimum Gasteiger partial charge on any atom is -0.0836 e. The van der Waals surface area contributed by atoms with E-state index in [0.717, 1.165) is 12.8 Å². The molecule has 1 aliphatic rings. The molecule has 0 nitrogen and oxygen atoms in total. The molecule has 0 aromatic heterocycles. The zero-order valence-electron chi connectivity index (χ0n) is 12.3. The molecule has 0 aliphatic heterocycles. The van der Waals surface area contributed by atoms with E-state index in [9.17, 15) is 0 Å². The molecule has 0 fully saturated rings. The van der Waals surface area contributed by atoms with Gasteiger partial charge in [-0.05, 0) is 68.4 Å². The van der Waals surface area contributed by atoms with E-state index in [4.69, 9.17) is 0 Å². The van der Waals surface area contributed by atoms with Crippen LogP contribution in [0.5, 0.6) is 0 Å². The zero-order valence-corrected chi connectivity index (χ0v) is 12.3. The number of benzene rings is 4. The normalized spacial score (nSPS) is 13.8. The van der Waals surface area contributed by atoms with Gasteiger partial charge in [0.1, 0.15) is 0 Å². The van der Waals surface area contributed by atoms with Crippen LogP contribution in [0, 0.1) is 0 Å². The first-order valence-electron chi connectivity index (χ1n) is 7.94. The number of fused-ring (bicyclic) bond motifs is 6. The maximum Gasteiger partial charge on any atom is -0.00990 e. The molecule has 4 aromatic carbocycles. The average molecular weight is 280 g/mol. The molecule has 0 heteroatoms. The molecule has 0 amide bonds. The fourth-order valence-electron chi connectivity index (χ4n) is 3.75. The Kier molecular flexibility index (Phi) is 2.42. The van der Waals surface area contributed by atoms with E-state index >= 15 is 0 Å². The minimum absolute atomic E-state index is 1.16. The van der Waals surface area contributed by atoms with Crippen molar-refractivity contribution in [2.45, 2.75) is 12.8 Å². The molecular formula is C22H16. The van der Waals surface area contributed by atoms with Crippen molar-refractivity contribution in [2.75, 3.05) is 0 Å². The molecule has 0 spiro atoms. The standard InChI is InChI=1S/C22H16/c1-3-7-19-15(5-1)9-11-17-14-22-18(13-21(17)19)12-10-16-6-2-4-8-20(16)22/h1,3-5,7-14H,2,6H2. The summed E-state index contributed by atoms with van der Waals surface area (Å²) in [6.07, 6.45) is 6.93. The SMILES string of the molecule is C1=Cc2c(ccc3cc4c(ccc5ccccc54)cc23)CC1. The molecule has 0 bridgehead atoms. The highest BCUT2D eigenvalue weighted by atomic mass is 14.1. The van der Waals surface area contributed by atoms with Gasteiger partial charge in [-0.3, -0.25) is 0 Å². The molecule has 104 valence electrons. The zero-order chi connectivity index (χ0) is 14.5. The number of hydrogen-bond acceptors (Lipinski definition) is 0. The summed E-state index contributed by atoms with van der Waals surface area (Å²) < 4.78 is 0. The molecule has 1 aliphatic carbocycles. The van der Waals surface area contributed by atoms with E-state index in [1.54, 1.807) is 0 Å². The van der Waals surface area contributed by atoms with Gasteiger partial charge in [-0.15, -0.1) is 0 Å². The molecule has 0 saturated heterocycles. The van der Waals surface area contributed by atoms with E-state index in [-0.39, 0.29) is 0 Å². The van der Waals surface area contributed by atoms with Gasteiger partial charge in [-0.2, -0.15) is 0 Å². The van der Waals surface area contributed by atoms with Crippen molar-refractivity contribution in [1.29, 1.82) is 0 Å². The van der Waals surface area contributed by atoms with Gasteiger partial charge in [-0.1, -0.05) is 60.7 Å². The number of hydrogen-bond donors (Lipinski definition) is 0. The smallest absolute Gasteiger partial charge is 0.00990 e. The van der Waals surface area contributed by atoms with Gasteiger partial charge >= 0.3 is 0 Å². The van der Waals surface area contributed by atoms with Crippen molar-refractivity contribution in [3.63, 3.8) is 0 Å². The van der Waals surface area contributed by atoms with Crippen LogP contribution in [0.25, 0.3) is 38.4 Å². The van der Waals surface area contributed by atoms with Crippen LogP contribution in [0.1, 0.15) is 17.5 Å². The molecule has 22 heavy (non-hydrogen) atoms. The summed E-state index contributed by atoms with van der Waals surface area (Å²) in [7, 11) is 0. The van der Waals surface area contributed by atoms with Crippen LogP contribution >= 0.6 is 0 Å². The van der Waals surface area contributed by atoms with Crippen molar-refractivity contribution in [3.05, 3.63) is 77.9 Å². The Hall–Kier alpha value is -2.60. The third kappa shape index (κ3) is 1.64. The Morgan fingerprint density at radius 3 is 2.41 bits per heavy atom. The first kappa shape index (κ1) is 12.0. The van der Waals surface area contributed by atoms with Gasteiger partial charge in [0.2, 0.25) is 0 Å². The molecule has 0 unspecified atom stereocenters. The van der Waals surface area contributed by atoms with E-state index in [2.05, 4.69) is 72.8 Å². The van der Waals surface area contributed by atoms with Gasteiger partial charge in [0, 0.05) is 0 Å². The van der Waals surface area contributed by atoms with E-state index < -0.39 is 0 Å². The minimum atomic E-state index is 1.16. The molecule has 0 N–H and O–H groups in total. The Labute approximate surface area is 129 Å². The topological polar surface area (TPSA) is 0 Å². The summed E-state index contributed by atoms with van der Waals surface area (Å²) in [5.41, 5.74) is 2.90. The van der Waals surface area contributed by atoms with Crippen molar-refractivity contribution in [1.82, 2.24) is 0 Å². The third-order valence-electron chi connectivity index (χ3n) is 4.88. The second-order valence-corrected chi connectivity index (χ2v) is 6.16. The van der Waals surface area contributed by atoms with Gasteiger partial charge in [0.25, 0.3) is 0 Å². The van der Waals surface area contributed by atoms with Crippen LogP contribution in [-0.4, -0.2) is 0 Å². The number of rotatable bonds is 0. The second-order valence-electron chi connectivity index (χ2n) is 6.16. The quantitative estimate of drug-likeness (QED) is 0.269. The summed E-state index contributed by atoms with van der Waals surface area (Å²) >= 11 is 0. The van der Waals surface area contributed by atoms with Gasteiger partial charge in [0.05, 0.1) is 0 Å². The lowest BCUT2D eigenvalue weighted by molar-refractivity contribution is 0.990. The van der Waals surface area contributed by atoms with Crippen molar-refractivity contribution >= 4 is 38.4 Å². The summed E-state index contributed by atoms with van der Waals surface area (Å²) in [4.78, 5) is 0. The average Bonchev–Trinajstić information content (AvgIpc) is 2.60. The highest BCUT2D eigenvalue weighted by molar-refractivity contribution is 6.13. The van der Waals surface area contributed by atoms with Gasteiger partial charge in [0.15, 0.2) is 0 Å². The lowest BCUT2D eigenvalue weighted by Crippen LogP contribution is -1.95. The fraction of sp³-hybridized carbons (Fsp3) is 0.0909. The molecule has 0 heterocycles. The molecule has 5 rings (SSSR count). The predicted octanol–water partition coefficient (Wildman–Crippen LogP) is 6.11. The fourth-order valence-corrected chi connectivity index (χ4v) is 3.75. The highest BCUT2D eigenvalue weighted by Gasteiger charge is 2.10. The third-order valence-corrected chi connectivity index (χ3v) is 4.88. The Bertz CT molecular complexity index is 1070. The van der Waals surface area contributed by atoms with E-state index in [1.165, 1.54) is 43.4 Å². The largest absolute Gasteiger partial charge is 0.0836 e. The van der Waals surface area contributed by atoms with Crippen LogP contribution in [0.4, 0.5) is 0 Å². The molecular weight excluding hydrogens is 264 g/mol. The Morgan fingerprint density at radius 2 is 1.41 bits per heavy atom. The van der Waals surface area contributed by atoms with E-state index in [1.807, 2.05) is 0 Å². The predicted molar refractivity (Wildman–Crippen MR) is 96.3 cm³/mol. The molecule has 0 atom stereocenters. The summed E-state index contributed by atoms with van der Waals surface area (Å²) in [6, 6.07) is 22.4. The lowest BCUT2D eigenvalue weighted by atomic mass is 9.90.